The van der Waals surface area contributed by atoms with Crippen LogP contribution in [-0.4, -0.2) is 52.8 Å². The number of aliphatic imine (C=N–C) groups is 1. The molecular weight excluding hydrogens is 424 g/mol. The summed E-state index contributed by atoms with van der Waals surface area (Å²) in [5.74, 6) is -0.107. The van der Waals surface area contributed by atoms with E-state index in [9.17, 15) is 9.59 Å². The number of ether oxygens (including phenoxy) is 1. The second-order valence-corrected chi connectivity index (χ2v) is 8.57. The van der Waals surface area contributed by atoms with Gasteiger partial charge in [0.15, 0.2) is 5.17 Å². The van der Waals surface area contributed by atoms with Crippen molar-refractivity contribution >= 4 is 51.4 Å². The van der Waals surface area contributed by atoms with Crippen LogP contribution in [0, 0.1) is 0 Å². The molecule has 0 bridgehead atoms. The van der Waals surface area contributed by atoms with Gasteiger partial charge in [0.05, 0.1) is 23.8 Å². The Balaban J connectivity index is 1.42. The zero-order valence-corrected chi connectivity index (χ0v) is 18.2. The highest BCUT2D eigenvalue weighted by Crippen LogP contribution is 2.31. The fourth-order valence-electron chi connectivity index (χ4n) is 3.82. The lowest BCUT2D eigenvalue weighted by atomic mass is 10.1. The Morgan fingerprint density at radius 3 is 2.66 bits per heavy atom. The molecule has 2 aliphatic rings. The molecule has 7 nitrogen and oxygen atoms in total. The van der Waals surface area contributed by atoms with Crippen LogP contribution in [0.1, 0.15) is 5.56 Å². The van der Waals surface area contributed by atoms with Crippen molar-refractivity contribution in [2.75, 3.05) is 26.3 Å². The summed E-state index contributed by atoms with van der Waals surface area (Å²) in [5.41, 5.74) is 2.64. The van der Waals surface area contributed by atoms with E-state index < -0.39 is 0 Å². The number of nitrogens with zero attached hydrogens (tertiary/aromatic N) is 3. The molecule has 0 atom stereocenters. The second-order valence-electron chi connectivity index (χ2n) is 7.54. The molecule has 8 heteroatoms. The first-order chi connectivity index (χ1) is 15.7. The van der Waals surface area contributed by atoms with Crippen LogP contribution >= 0.6 is 11.8 Å². The molecule has 5 rings (SSSR count). The van der Waals surface area contributed by atoms with Gasteiger partial charge in [0, 0.05) is 35.8 Å². The van der Waals surface area contributed by atoms with Crippen molar-refractivity contribution in [3.63, 3.8) is 0 Å². The standard InChI is InChI=1S/C24H22N4O3S/c29-22(27-10-12-31-13-11-27)16-28-15-17(19-8-4-5-9-20(19)28)14-21-23(30)26-24(32-21)25-18-6-2-1-3-7-18/h1-9,14-15H,10-13,16H2,(H,25,26,30)/b21-14-. The van der Waals surface area contributed by atoms with Crippen LogP contribution in [0.25, 0.3) is 17.0 Å². The number of rotatable bonds is 4. The maximum Gasteiger partial charge on any atom is 0.264 e. The van der Waals surface area contributed by atoms with Crippen LogP contribution in [0.4, 0.5) is 5.69 Å². The summed E-state index contributed by atoms with van der Waals surface area (Å²) in [6.45, 7) is 2.65. The Kier molecular flexibility index (Phi) is 5.79. The zero-order valence-electron chi connectivity index (χ0n) is 17.4. The first kappa shape index (κ1) is 20.5. The topological polar surface area (TPSA) is 75.9 Å². The number of fused-ring (bicyclic) bond motifs is 1. The third kappa shape index (κ3) is 4.32. The highest BCUT2D eigenvalue weighted by molar-refractivity contribution is 8.18. The van der Waals surface area contributed by atoms with Gasteiger partial charge < -0.3 is 19.5 Å². The number of hydrogen-bond acceptors (Lipinski definition) is 5. The van der Waals surface area contributed by atoms with E-state index in [1.165, 1.54) is 11.8 Å². The number of hydrogen-bond donors (Lipinski definition) is 1. The lowest BCUT2D eigenvalue weighted by Gasteiger charge is -2.27. The highest BCUT2D eigenvalue weighted by atomic mass is 32.2. The van der Waals surface area contributed by atoms with Gasteiger partial charge in [-0.15, -0.1) is 0 Å². The minimum absolute atomic E-state index is 0.0681. The average molecular weight is 447 g/mol. The van der Waals surface area contributed by atoms with E-state index in [1.54, 1.807) is 0 Å². The minimum Gasteiger partial charge on any atom is -0.378 e. The fraction of sp³-hybridized carbons (Fsp3) is 0.208. The molecule has 2 saturated heterocycles. The maximum atomic E-state index is 12.8. The van der Waals surface area contributed by atoms with E-state index in [4.69, 9.17) is 4.74 Å². The van der Waals surface area contributed by atoms with E-state index in [2.05, 4.69) is 10.3 Å². The number of para-hydroxylation sites is 2. The van der Waals surface area contributed by atoms with Crippen molar-refractivity contribution in [2.24, 2.45) is 4.99 Å². The molecule has 0 spiro atoms. The zero-order chi connectivity index (χ0) is 21.9. The summed E-state index contributed by atoms with van der Waals surface area (Å²) in [6.07, 6.45) is 3.81. The predicted octanol–water partition coefficient (Wildman–Crippen LogP) is 3.39. The first-order valence-corrected chi connectivity index (χ1v) is 11.3. The normalized spacial score (nSPS) is 19.1. The molecule has 2 fully saturated rings. The quantitative estimate of drug-likeness (QED) is 0.624. The van der Waals surface area contributed by atoms with Crippen LogP contribution in [0.15, 0.2) is 70.7 Å². The number of amides is 2. The summed E-state index contributed by atoms with van der Waals surface area (Å²) in [7, 11) is 0. The van der Waals surface area contributed by atoms with Gasteiger partial charge in [0.1, 0.15) is 6.54 Å². The predicted molar refractivity (Wildman–Crippen MR) is 127 cm³/mol. The summed E-state index contributed by atoms with van der Waals surface area (Å²) in [4.78, 5) is 32.2. The number of benzene rings is 2. The van der Waals surface area contributed by atoms with Gasteiger partial charge in [-0.3, -0.25) is 9.59 Å². The molecule has 3 aromatic rings. The second kappa shape index (κ2) is 9.02. The van der Waals surface area contributed by atoms with E-state index >= 15 is 0 Å². The lowest BCUT2D eigenvalue weighted by Crippen LogP contribution is -2.42. The third-order valence-electron chi connectivity index (χ3n) is 5.41. The summed E-state index contributed by atoms with van der Waals surface area (Å²) in [6, 6.07) is 17.4. The van der Waals surface area contributed by atoms with Crippen molar-refractivity contribution in [3.05, 3.63) is 71.3 Å². The van der Waals surface area contributed by atoms with Gasteiger partial charge >= 0.3 is 0 Å². The molecule has 1 N–H and O–H groups in total. The van der Waals surface area contributed by atoms with Gasteiger partial charge in [-0.2, -0.15) is 0 Å². The maximum absolute atomic E-state index is 12.8. The van der Waals surface area contributed by atoms with Crippen molar-refractivity contribution in [1.82, 2.24) is 14.8 Å². The number of carbonyl (C=O) groups is 2. The van der Waals surface area contributed by atoms with Gasteiger partial charge in [-0.25, -0.2) is 4.99 Å². The lowest BCUT2D eigenvalue weighted by molar-refractivity contribution is -0.135. The average Bonchev–Trinajstić information content (AvgIpc) is 3.35. The van der Waals surface area contributed by atoms with Gasteiger partial charge in [-0.1, -0.05) is 36.4 Å². The molecule has 1 aromatic heterocycles. The third-order valence-corrected chi connectivity index (χ3v) is 6.32. The number of thioether (sulfide) groups is 1. The van der Waals surface area contributed by atoms with Crippen LogP contribution in [0.2, 0.25) is 0 Å². The van der Waals surface area contributed by atoms with Gasteiger partial charge in [0.2, 0.25) is 5.91 Å². The summed E-state index contributed by atoms with van der Waals surface area (Å²) >= 11 is 1.32. The molecule has 0 saturated carbocycles. The van der Waals surface area contributed by atoms with E-state index in [0.29, 0.717) is 36.4 Å². The minimum atomic E-state index is -0.175. The van der Waals surface area contributed by atoms with Crippen molar-refractivity contribution in [3.8, 4) is 0 Å². The van der Waals surface area contributed by atoms with Crippen molar-refractivity contribution in [2.45, 2.75) is 6.54 Å². The van der Waals surface area contributed by atoms with Crippen molar-refractivity contribution < 1.29 is 14.3 Å². The molecule has 32 heavy (non-hydrogen) atoms. The largest absolute Gasteiger partial charge is 0.378 e. The molecule has 162 valence electrons. The smallest absolute Gasteiger partial charge is 0.264 e. The summed E-state index contributed by atoms with van der Waals surface area (Å²) < 4.78 is 7.30. The van der Waals surface area contributed by atoms with Crippen LogP contribution in [0.5, 0.6) is 0 Å². The first-order valence-electron chi connectivity index (χ1n) is 10.5. The molecule has 2 aliphatic heterocycles. The van der Waals surface area contributed by atoms with Crippen LogP contribution in [-0.2, 0) is 20.9 Å². The van der Waals surface area contributed by atoms with Crippen LogP contribution < -0.4 is 5.32 Å². The van der Waals surface area contributed by atoms with Crippen LogP contribution in [0.3, 0.4) is 0 Å². The number of carbonyl (C=O) groups excluding carboxylic acids is 2. The SMILES string of the molecule is O=C1NC(=Nc2ccccc2)S/C1=C\c1cn(CC(=O)N2CCOCC2)c2ccccc12. The number of aromatic nitrogens is 1. The number of morpholine rings is 1. The molecule has 2 amide bonds. The van der Waals surface area contributed by atoms with Crippen molar-refractivity contribution in [1.29, 1.82) is 0 Å². The Hall–Kier alpha value is -3.36. The number of amidine groups is 1. The molecular formula is C24H22N4O3S. The van der Waals surface area contributed by atoms with E-state index in [1.807, 2.05) is 76.3 Å². The monoisotopic (exact) mass is 446 g/mol. The Morgan fingerprint density at radius 1 is 1.09 bits per heavy atom. The number of nitrogens with one attached hydrogen (secondary N) is 1. The molecule has 0 aliphatic carbocycles. The molecule has 3 heterocycles. The fourth-order valence-corrected chi connectivity index (χ4v) is 4.65. The molecule has 2 aromatic carbocycles. The van der Waals surface area contributed by atoms with E-state index in [-0.39, 0.29) is 18.4 Å². The van der Waals surface area contributed by atoms with Gasteiger partial charge in [-0.05, 0) is 36.0 Å². The Labute approximate surface area is 189 Å². The van der Waals surface area contributed by atoms with E-state index in [0.717, 1.165) is 22.2 Å². The summed E-state index contributed by atoms with van der Waals surface area (Å²) in [5, 5.41) is 4.38. The molecule has 0 unspecified atom stereocenters. The van der Waals surface area contributed by atoms with Gasteiger partial charge in [0.25, 0.3) is 5.91 Å². The highest BCUT2D eigenvalue weighted by Gasteiger charge is 2.25. The Morgan fingerprint density at radius 2 is 1.84 bits per heavy atom. The Bertz CT molecular complexity index is 1230. The molecule has 0 radical (unpaired) electrons.